The number of likely N-dealkylation sites (N-methyl/N-ethyl adjacent to an activating group) is 1. The maximum atomic E-state index is 12.4. The van der Waals surface area contributed by atoms with E-state index in [1.54, 1.807) is 17.9 Å². The van der Waals surface area contributed by atoms with Crippen LogP contribution in [0.5, 0.6) is 0 Å². The zero-order chi connectivity index (χ0) is 16.1. The van der Waals surface area contributed by atoms with Crippen LogP contribution in [-0.4, -0.2) is 53.3 Å². The van der Waals surface area contributed by atoms with E-state index in [-0.39, 0.29) is 36.8 Å². The van der Waals surface area contributed by atoms with Gasteiger partial charge in [0.05, 0.1) is 6.20 Å². The molecule has 6 nitrogen and oxygen atoms in total. The van der Waals surface area contributed by atoms with Crippen molar-refractivity contribution in [1.82, 2.24) is 25.3 Å². The summed E-state index contributed by atoms with van der Waals surface area (Å²) in [4.78, 5) is 14.9. The van der Waals surface area contributed by atoms with E-state index < -0.39 is 0 Å². The van der Waals surface area contributed by atoms with E-state index in [1.165, 1.54) is 19.4 Å². The normalized spacial score (nSPS) is 19.3. The predicted molar refractivity (Wildman–Crippen MR) is 102 cm³/mol. The zero-order valence-corrected chi connectivity index (χ0v) is 16.6. The fourth-order valence-electron chi connectivity index (χ4n) is 3.12. The van der Waals surface area contributed by atoms with Crippen LogP contribution in [0.3, 0.4) is 0 Å². The van der Waals surface area contributed by atoms with E-state index in [0.29, 0.717) is 12.0 Å². The Morgan fingerprint density at radius 2 is 2.12 bits per heavy atom. The molecule has 2 heterocycles. The number of carbonyl (C=O) groups excluding carboxylic acids is 1. The molecule has 2 N–H and O–H groups in total. The van der Waals surface area contributed by atoms with Crippen LogP contribution in [0.15, 0.2) is 12.4 Å². The molecule has 0 aromatic carbocycles. The highest BCUT2D eigenvalue weighted by molar-refractivity contribution is 5.85. The summed E-state index contributed by atoms with van der Waals surface area (Å²) in [6.07, 6.45) is 6.03. The number of nitrogens with zero attached hydrogens (tertiary/aromatic N) is 3. The maximum Gasteiger partial charge on any atom is 0.241 e. The van der Waals surface area contributed by atoms with Crippen LogP contribution in [-0.2, 0) is 11.8 Å². The van der Waals surface area contributed by atoms with Crippen molar-refractivity contribution in [2.45, 2.75) is 38.8 Å². The van der Waals surface area contributed by atoms with Crippen LogP contribution >= 0.6 is 24.8 Å². The van der Waals surface area contributed by atoms with E-state index in [1.807, 2.05) is 13.2 Å². The SMILES string of the molecule is CNC(C(=O)NCC1CCCN(C(C)C)C1)c1cnn(C)c1.Cl.Cl. The van der Waals surface area contributed by atoms with Crippen molar-refractivity contribution in [3.05, 3.63) is 18.0 Å². The van der Waals surface area contributed by atoms with Gasteiger partial charge in [0.2, 0.25) is 5.91 Å². The molecule has 1 aromatic rings. The van der Waals surface area contributed by atoms with Crippen LogP contribution in [0.1, 0.15) is 38.3 Å². The number of aromatic nitrogens is 2. The van der Waals surface area contributed by atoms with Gasteiger partial charge in [0.15, 0.2) is 0 Å². The third-order valence-corrected chi connectivity index (χ3v) is 4.45. The molecule has 0 bridgehead atoms. The van der Waals surface area contributed by atoms with Gasteiger partial charge >= 0.3 is 0 Å². The molecule has 140 valence electrons. The standard InChI is InChI=1S/C16H29N5O.2ClH/c1-12(2)21-7-5-6-13(10-21)8-18-16(22)15(17-3)14-9-19-20(4)11-14;;/h9,11-13,15,17H,5-8,10H2,1-4H3,(H,18,22);2*1H. The Bertz CT molecular complexity index is 495. The van der Waals surface area contributed by atoms with Crippen LogP contribution in [0.4, 0.5) is 0 Å². The van der Waals surface area contributed by atoms with E-state index in [0.717, 1.165) is 18.7 Å². The van der Waals surface area contributed by atoms with E-state index in [2.05, 4.69) is 34.5 Å². The number of hydrogen-bond acceptors (Lipinski definition) is 4. The van der Waals surface area contributed by atoms with Gasteiger partial charge in [0.1, 0.15) is 6.04 Å². The summed E-state index contributed by atoms with van der Waals surface area (Å²) in [6, 6.07) is 0.248. The Labute approximate surface area is 157 Å². The lowest BCUT2D eigenvalue weighted by Crippen LogP contribution is -2.45. The average molecular weight is 380 g/mol. The first-order valence-electron chi connectivity index (χ1n) is 8.18. The first-order chi connectivity index (χ1) is 10.5. The number of hydrogen-bond donors (Lipinski definition) is 2. The summed E-state index contributed by atoms with van der Waals surface area (Å²) in [7, 11) is 3.66. The Hall–Kier alpha value is -0.820. The van der Waals surface area contributed by atoms with Gasteiger partial charge in [-0.25, -0.2) is 0 Å². The molecular formula is C16H31Cl2N5O. The van der Waals surface area contributed by atoms with Crippen molar-refractivity contribution < 1.29 is 4.79 Å². The van der Waals surface area contributed by atoms with Gasteiger partial charge in [-0.15, -0.1) is 24.8 Å². The van der Waals surface area contributed by atoms with Crippen molar-refractivity contribution >= 4 is 30.7 Å². The molecule has 0 radical (unpaired) electrons. The molecule has 1 saturated heterocycles. The molecule has 8 heteroatoms. The van der Waals surface area contributed by atoms with Crippen LogP contribution in [0, 0.1) is 5.92 Å². The van der Waals surface area contributed by atoms with E-state index in [9.17, 15) is 4.79 Å². The molecule has 1 aliphatic heterocycles. The maximum absolute atomic E-state index is 12.4. The second kappa shape index (κ2) is 10.9. The average Bonchev–Trinajstić information content (AvgIpc) is 2.92. The largest absolute Gasteiger partial charge is 0.354 e. The van der Waals surface area contributed by atoms with Crippen LogP contribution < -0.4 is 10.6 Å². The van der Waals surface area contributed by atoms with Gasteiger partial charge < -0.3 is 15.5 Å². The van der Waals surface area contributed by atoms with Gasteiger partial charge in [-0.3, -0.25) is 9.48 Å². The molecule has 1 aliphatic rings. The number of nitrogens with one attached hydrogen (secondary N) is 2. The molecule has 2 unspecified atom stereocenters. The van der Waals surface area contributed by atoms with E-state index >= 15 is 0 Å². The highest BCUT2D eigenvalue weighted by Gasteiger charge is 2.24. The summed E-state index contributed by atoms with van der Waals surface area (Å²) >= 11 is 0. The highest BCUT2D eigenvalue weighted by Crippen LogP contribution is 2.18. The molecule has 0 saturated carbocycles. The monoisotopic (exact) mass is 379 g/mol. The Morgan fingerprint density at radius 3 is 2.67 bits per heavy atom. The summed E-state index contributed by atoms with van der Waals surface area (Å²) < 4.78 is 1.72. The van der Waals surface area contributed by atoms with Crippen molar-refractivity contribution in [3.63, 3.8) is 0 Å². The molecule has 2 atom stereocenters. The number of rotatable bonds is 6. The number of halogens is 2. The molecule has 0 aliphatic carbocycles. The van der Waals surface area contributed by atoms with Crippen molar-refractivity contribution in [2.75, 3.05) is 26.7 Å². The fourth-order valence-corrected chi connectivity index (χ4v) is 3.12. The summed E-state index contributed by atoms with van der Waals surface area (Å²) in [5.41, 5.74) is 0.898. The second-order valence-corrected chi connectivity index (χ2v) is 6.51. The molecule has 24 heavy (non-hydrogen) atoms. The third kappa shape index (κ3) is 6.24. The molecule has 2 rings (SSSR count). The van der Waals surface area contributed by atoms with Crippen LogP contribution in [0.25, 0.3) is 0 Å². The summed E-state index contributed by atoms with van der Waals surface area (Å²) in [6.45, 7) is 7.48. The number of aryl methyl sites for hydroxylation is 1. The predicted octanol–water partition coefficient (Wildman–Crippen LogP) is 1.76. The minimum atomic E-state index is -0.335. The lowest BCUT2D eigenvalue weighted by molar-refractivity contribution is -0.123. The minimum absolute atomic E-state index is 0. The first-order valence-corrected chi connectivity index (χ1v) is 8.18. The van der Waals surface area contributed by atoms with Gasteiger partial charge in [-0.2, -0.15) is 5.10 Å². The van der Waals surface area contributed by atoms with Gasteiger partial charge in [0, 0.05) is 37.9 Å². The van der Waals surface area contributed by atoms with Crippen molar-refractivity contribution in [2.24, 2.45) is 13.0 Å². The third-order valence-electron chi connectivity index (χ3n) is 4.45. The van der Waals surface area contributed by atoms with Crippen LogP contribution in [0.2, 0.25) is 0 Å². The summed E-state index contributed by atoms with van der Waals surface area (Å²) in [5.74, 6) is 0.573. The minimum Gasteiger partial charge on any atom is -0.354 e. The topological polar surface area (TPSA) is 62.2 Å². The molecule has 1 amide bonds. The Balaban J connectivity index is 0.00000264. The number of piperidine rings is 1. The highest BCUT2D eigenvalue weighted by atomic mass is 35.5. The molecule has 0 spiro atoms. The Kier molecular flexibility index (Phi) is 10.6. The first kappa shape index (κ1) is 23.2. The molecule has 1 aromatic heterocycles. The zero-order valence-electron chi connectivity index (χ0n) is 15.0. The van der Waals surface area contributed by atoms with Gasteiger partial charge in [0.25, 0.3) is 0 Å². The molecular weight excluding hydrogens is 349 g/mol. The number of amides is 1. The molecule has 1 fully saturated rings. The number of likely N-dealkylation sites (tertiary alicyclic amines) is 1. The lowest BCUT2D eigenvalue weighted by atomic mass is 9.96. The van der Waals surface area contributed by atoms with Crippen molar-refractivity contribution in [3.8, 4) is 0 Å². The quantitative estimate of drug-likeness (QED) is 0.790. The smallest absolute Gasteiger partial charge is 0.241 e. The lowest BCUT2D eigenvalue weighted by Gasteiger charge is -2.35. The Morgan fingerprint density at radius 1 is 1.42 bits per heavy atom. The van der Waals surface area contributed by atoms with Gasteiger partial charge in [-0.1, -0.05) is 0 Å². The van der Waals surface area contributed by atoms with Gasteiger partial charge in [-0.05, 0) is 46.2 Å². The number of carbonyl (C=O) groups is 1. The fraction of sp³-hybridized carbons (Fsp3) is 0.750. The second-order valence-electron chi connectivity index (χ2n) is 6.51. The van der Waals surface area contributed by atoms with Crippen molar-refractivity contribution in [1.29, 1.82) is 0 Å². The van der Waals surface area contributed by atoms with E-state index in [4.69, 9.17) is 0 Å². The summed E-state index contributed by atoms with van der Waals surface area (Å²) in [5, 5.41) is 10.3.